The summed E-state index contributed by atoms with van der Waals surface area (Å²) < 4.78 is 32.6. The van der Waals surface area contributed by atoms with Gasteiger partial charge in [-0.2, -0.15) is 0 Å². The first-order valence-corrected chi connectivity index (χ1v) is 21.6. The Morgan fingerprint density at radius 3 is 1.60 bits per heavy atom. The normalized spacial score (nSPS) is 14.5. The molecule has 0 saturated heterocycles. The summed E-state index contributed by atoms with van der Waals surface area (Å²) in [7, 11) is -4.62. The number of unbranched alkanes of at least 4 members (excludes halogenated alkanes) is 15. The molecule has 0 aromatic rings. The van der Waals surface area contributed by atoms with Crippen LogP contribution in [-0.4, -0.2) is 65.7 Å². The van der Waals surface area contributed by atoms with Crippen LogP contribution in [0.4, 0.5) is 0 Å². The maximum atomic E-state index is 12.6. The maximum absolute atomic E-state index is 12.6. The van der Waals surface area contributed by atoms with E-state index >= 15 is 0 Å². The van der Waals surface area contributed by atoms with Gasteiger partial charge in [-0.05, 0) is 51.4 Å². The van der Waals surface area contributed by atoms with Gasteiger partial charge in [-0.25, -0.2) is 4.57 Å². The van der Waals surface area contributed by atoms with Crippen molar-refractivity contribution in [3.8, 4) is 0 Å². The average Bonchev–Trinajstić information content (AvgIpc) is 3.13. The third-order valence-corrected chi connectivity index (χ3v) is 9.20. The smallest absolute Gasteiger partial charge is 0.462 e. The zero-order valence-corrected chi connectivity index (χ0v) is 33.4. The molecule has 1 unspecified atom stereocenters. The highest BCUT2D eigenvalue weighted by atomic mass is 31.2. The molecule has 0 aromatic heterocycles. The Bertz CT molecular complexity index is 1010. The van der Waals surface area contributed by atoms with Crippen LogP contribution in [0, 0.1) is 0 Å². The van der Waals surface area contributed by atoms with Crippen molar-refractivity contribution in [2.45, 2.75) is 174 Å². The molecule has 0 aromatic carbocycles. The number of hydrogen-bond donors (Lipinski definition) is 3. The lowest BCUT2D eigenvalue weighted by atomic mass is 10.0. The molecule has 10 nitrogen and oxygen atoms in total. The summed E-state index contributed by atoms with van der Waals surface area (Å²) in [5.74, 6) is -0.974. The minimum absolute atomic E-state index is 0.132. The fourth-order valence-corrected chi connectivity index (χ4v) is 5.95. The van der Waals surface area contributed by atoms with E-state index in [9.17, 15) is 24.2 Å². The highest BCUT2D eigenvalue weighted by molar-refractivity contribution is 7.47. The van der Waals surface area contributed by atoms with Gasteiger partial charge >= 0.3 is 19.8 Å². The number of phosphoric acid groups is 1. The molecule has 0 saturated carbocycles. The Morgan fingerprint density at radius 2 is 1.06 bits per heavy atom. The van der Waals surface area contributed by atoms with Crippen LogP contribution >= 0.6 is 7.82 Å². The molecule has 0 aliphatic heterocycles. The number of ether oxygens (including phenoxy) is 2. The van der Waals surface area contributed by atoms with E-state index in [4.69, 9.17) is 19.1 Å². The van der Waals surface area contributed by atoms with Crippen molar-refractivity contribution in [3.63, 3.8) is 0 Å². The van der Waals surface area contributed by atoms with E-state index in [1.807, 2.05) is 0 Å². The fraction of sp³-hybridized carbons (Fsp3) is 0.756. The first kappa shape index (κ1) is 49.9. The van der Waals surface area contributed by atoms with Gasteiger partial charge in [-0.1, -0.05) is 146 Å². The second kappa shape index (κ2) is 37.3. The molecule has 0 rings (SSSR count). The third-order valence-electron chi connectivity index (χ3n) is 8.25. The molecule has 3 atom stereocenters. The maximum Gasteiger partial charge on any atom is 0.472 e. The summed E-state index contributed by atoms with van der Waals surface area (Å²) in [6.45, 7) is 2.21. The lowest BCUT2D eigenvalue weighted by Gasteiger charge is -2.20. The highest BCUT2D eigenvalue weighted by Crippen LogP contribution is 2.43. The third kappa shape index (κ3) is 36.3. The fourth-order valence-electron chi connectivity index (χ4n) is 5.16. The van der Waals surface area contributed by atoms with E-state index in [1.165, 1.54) is 64.2 Å². The quantitative estimate of drug-likeness (QED) is 0.0242. The Labute approximate surface area is 315 Å². The van der Waals surface area contributed by atoms with Crippen LogP contribution in [-0.2, 0) is 32.7 Å². The minimum atomic E-state index is -4.62. The van der Waals surface area contributed by atoms with E-state index in [1.54, 1.807) is 0 Å². The molecule has 52 heavy (non-hydrogen) atoms. The number of allylic oxidation sites excluding steroid dienone is 8. The van der Waals surface area contributed by atoms with Crippen LogP contribution in [0.15, 0.2) is 48.6 Å². The number of phosphoric ester groups is 1. The van der Waals surface area contributed by atoms with E-state index in [0.717, 1.165) is 57.8 Å². The number of aliphatic hydroxyl groups is 2. The van der Waals surface area contributed by atoms with Gasteiger partial charge in [0.05, 0.1) is 19.8 Å². The van der Waals surface area contributed by atoms with Crippen molar-refractivity contribution in [3.05, 3.63) is 48.6 Å². The number of carbonyl (C=O) groups excluding carboxylic acids is 2. The van der Waals surface area contributed by atoms with Gasteiger partial charge < -0.3 is 24.6 Å². The molecule has 0 radical (unpaired) electrons. The first-order chi connectivity index (χ1) is 25.2. The van der Waals surface area contributed by atoms with Gasteiger partial charge in [0.15, 0.2) is 6.10 Å². The van der Waals surface area contributed by atoms with E-state index in [-0.39, 0.29) is 19.4 Å². The number of aliphatic hydroxyl groups excluding tert-OH is 2. The molecule has 0 aliphatic carbocycles. The zero-order valence-electron chi connectivity index (χ0n) is 32.5. The molecule has 0 bridgehead atoms. The predicted octanol–water partition coefficient (Wildman–Crippen LogP) is 10.2. The summed E-state index contributed by atoms with van der Waals surface area (Å²) in [6.07, 6.45) is 38.0. The van der Waals surface area contributed by atoms with Crippen molar-refractivity contribution in [1.29, 1.82) is 0 Å². The number of carbonyl (C=O) groups is 2. The van der Waals surface area contributed by atoms with Crippen LogP contribution in [0.5, 0.6) is 0 Å². The molecular weight excluding hydrogens is 683 g/mol. The largest absolute Gasteiger partial charge is 0.472 e. The summed E-state index contributed by atoms with van der Waals surface area (Å²) >= 11 is 0. The molecule has 302 valence electrons. The topological polar surface area (TPSA) is 149 Å². The van der Waals surface area contributed by atoms with Crippen LogP contribution < -0.4 is 0 Å². The molecule has 0 fully saturated rings. The highest BCUT2D eigenvalue weighted by Gasteiger charge is 2.27. The lowest BCUT2D eigenvalue weighted by molar-refractivity contribution is -0.161. The molecule has 0 aliphatic rings. The first-order valence-electron chi connectivity index (χ1n) is 20.1. The lowest BCUT2D eigenvalue weighted by Crippen LogP contribution is -2.29. The molecule has 0 amide bonds. The van der Waals surface area contributed by atoms with Gasteiger partial charge in [0.25, 0.3) is 0 Å². The SMILES string of the molecule is CC/C=C/C/C=C/C/C=C/C/C=C/CCCCC(=O)O[C@H](COC(=O)CCCCCCCCCCCCCCCC)COP(=O)(O)OC[C@@H](O)CO. The van der Waals surface area contributed by atoms with Gasteiger partial charge in [-0.3, -0.25) is 18.6 Å². The summed E-state index contributed by atoms with van der Waals surface area (Å²) in [5, 5.41) is 18.3. The second-order valence-corrected chi connectivity index (χ2v) is 14.7. The molecule has 0 heterocycles. The van der Waals surface area contributed by atoms with Crippen molar-refractivity contribution in [2.75, 3.05) is 26.4 Å². The molecular formula is C41H73O10P. The van der Waals surface area contributed by atoms with Gasteiger partial charge in [-0.15, -0.1) is 0 Å². The van der Waals surface area contributed by atoms with E-state index in [2.05, 4.69) is 67.0 Å². The second-order valence-electron chi connectivity index (χ2n) is 13.3. The average molecular weight is 757 g/mol. The number of esters is 2. The Hall–Kier alpha value is -2.07. The van der Waals surface area contributed by atoms with Crippen LogP contribution in [0.1, 0.15) is 162 Å². The summed E-state index contributed by atoms with van der Waals surface area (Å²) in [5.41, 5.74) is 0. The summed E-state index contributed by atoms with van der Waals surface area (Å²) in [6, 6.07) is 0. The number of rotatable bonds is 37. The van der Waals surface area contributed by atoms with Crippen molar-refractivity contribution in [1.82, 2.24) is 0 Å². The van der Waals surface area contributed by atoms with E-state index < -0.39 is 51.8 Å². The monoisotopic (exact) mass is 756 g/mol. The van der Waals surface area contributed by atoms with Crippen molar-refractivity contribution >= 4 is 19.8 Å². The van der Waals surface area contributed by atoms with Gasteiger partial charge in [0.1, 0.15) is 12.7 Å². The molecule has 11 heteroatoms. The van der Waals surface area contributed by atoms with Crippen molar-refractivity contribution in [2.24, 2.45) is 0 Å². The van der Waals surface area contributed by atoms with Gasteiger partial charge in [0.2, 0.25) is 0 Å². The van der Waals surface area contributed by atoms with Gasteiger partial charge in [0, 0.05) is 12.8 Å². The summed E-state index contributed by atoms with van der Waals surface area (Å²) in [4.78, 5) is 34.9. The standard InChI is InChI=1S/C41H73O10P/c1-3-5-7-9-11-13-15-17-19-21-23-25-27-29-31-33-41(45)51-39(37-50-52(46,47)49-35-38(43)34-42)36-48-40(44)32-30-28-26-24-22-20-18-16-14-12-10-8-6-4-2/h5,7,11,13,17,19,23,25,38-39,42-43H,3-4,6,8-10,12,14-16,18,20-22,24,26-37H2,1-2H3,(H,46,47)/b7-5+,13-11+,19-17+,25-23+/t38-,39+/m0/s1. The Kier molecular flexibility index (Phi) is 35.8. The zero-order chi connectivity index (χ0) is 38.4. The van der Waals surface area contributed by atoms with Crippen LogP contribution in [0.25, 0.3) is 0 Å². The van der Waals surface area contributed by atoms with Crippen molar-refractivity contribution < 1.29 is 47.8 Å². The molecule has 3 N–H and O–H groups in total. The minimum Gasteiger partial charge on any atom is -0.462 e. The number of hydrogen-bond acceptors (Lipinski definition) is 9. The molecule has 0 spiro atoms. The van der Waals surface area contributed by atoms with Crippen LogP contribution in [0.2, 0.25) is 0 Å². The predicted molar refractivity (Wildman–Crippen MR) is 210 cm³/mol. The Morgan fingerprint density at radius 1 is 0.596 bits per heavy atom. The van der Waals surface area contributed by atoms with E-state index in [0.29, 0.717) is 12.8 Å². The Balaban J connectivity index is 4.41. The van der Waals surface area contributed by atoms with Crippen LogP contribution in [0.3, 0.4) is 0 Å².